The van der Waals surface area contributed by atoms with Crippen LogP contribution in [0.1, 0.15) is 31.3 Å². The maximum atomic E-state index is 12.3. The largest absolute Gasteiger partial charge is 0.448 e. The number of carbonyl (C=O) groups excluding carboxylic acids is 2. The van der Waals surface area contributed by atoms with Gasteiger partial charge >= 0.3 is 6.09 Å². The van der Waals surface area contributed by atoms with E-state index in [1.54, 1.807) is 31.3 Å². The second-order valence-corrected chi connectivity index (χ2v) is 6.35. The number of pyridine rings is 1. The fourth-order valence-electron chi connectivity index (χ4n) is 3.21. The lowest BCUT2D eigenvalue weighted by Gasteiger charge is -2.31. The number of rotatable bonds is 2. The maximum absolute atomic E-state index is 12.3. The zero-order valence-corrected chi connectivity index (χ0v) is 13.9. The van der Waals surface area contributed by atoms with Crippen LogP contribution in [0, 0.1) is 5.92 Å². The quantitative estimate of drug-likeness (QED) is 0.842. The fraction of sp³-hybridized carbons (Fsp3) is 0.500. The number of nitrogens with one attached hydrogen (secondary N) is 2. The molecule has 2 amide bonds. The molecule has 1 aromatic heterocycles. The van der Waals surface area contributed by atoms with Crippen LogP contribution in [0.25, 0.3) is 0 Å². The van der Waals surface area contributed by atoms with Crippen molar-refractivity contribution in [2.75, 3.05) is 13.2 Å². The normalized spacial score (nSPS) is 24.3. The van der Waals surface area contributed by atoms with Gasteiger partial charge in [-0.25, -0.2) is 4.79 Å². The van der Waals surface area contributed by atoms with Crippen molar-refractivity contribution in [1.82, 2.24) is 20.6 Å². The van der Waals surface area contributed by atoms with Gasteiger partial charge in [0, 0.05) is 18.3 Å². The average Bonchev–Trinajstić information content (AvgIpc) is 3.08. The summed E-state index contributed by atoms with van der Waals surface area (Å²) in [5.74, 6) is 0.0161. The van der Waals surface area contributed by atoms with E-state index in [4.69, 9.17) is 4.74 Å². The smallest absolute Gasteiger partial charge is 0.430 e. The van der Waals surface area contributed by atoms with Crippen molar-refractivity contribution >= 4 is 17.8 Å². The van der Waals surface area contributed by atoms with Gasteiger partial charge in [-0.3, -0.25) is 9.78 Å². The first-order valence-electron chi connectivity index (χ1n) is 7.96. The third-order valence-corrected chi connectivity index (χ3v) is 4.32. The highest BCUT2D eigenvalue weighted by molar-refractivity contribution is 6.07. The summed E-state index contributed by atoms with van der Waals surface area (Å²) in [7, 11) is 0. The van der Waals surface area contributed by atoms with Crippen LogP contribution in [0.15, 0.2) is 29.5 Å². The Hall–Kier alpha value is -2.48. The minimum absolute atomic E-state index is 0.0999. The molecule has 3 heterocycles. The Balaban J connectivity index is 1.83. The van der Waals surface area contributed by atoms with Gasteiger partial charge in [-0.1, -0.05) is 6.07 Å². The molecule has 8 nitrogen and oxygen atoms in total. The van der Waals surface area contributed by atoms with Crippen molar-refractivity contribution in [3.63, 3.8) is 0 Å². The summed E-state index contributed by atoms with van der Waals surface area (Å²) in [5, 5.41) is 11.8. The Kier molecular flexibility index (Phi) is 4.23. The summed E-state index contributed by atoms with van der Waals surface area (Å²) in [5.41, 5.74) is -0.0326. The molecule has 2 atom stereocenters. The zero-order valence-electron chi connectivity index (χ0n) is 13.9. The number of ether oxygens (including phenoxy) is 1. The summed E-state index contributed by atoms with van der Waals surface area (Å²) in [6.07, 6.45) is 1.05. The van der Waals surface area contributed by atoms with Gasteiger partial charge < -0.3 is 15.4 Å². The van der Waals surface area contributed by atoms with E-state index in [1.807, 2.05) is 13.8 Å². The first-order chi connectivity index (χ1) is 11.4. The maximum Gasteiger partial charge on any atom is 0.430 e. The third-order valence-electron chi connectivity index (χ3n) is 4.32. The summed E-state index contributed by atoms with van der Waals surface area (Å²) in [6, 6.07) is 4.90. The topological polar surface area (TPSA) is 95.9 Å². The van der Waals surface area contributed by atoms with Crippen LogP contribution in [0.5, 0.6) is 0 Å². The number of hydrogen-bond acceptors (Lipinski definition) is 6. The molecule has 8 heteroatoms. The summed E-state index contributed by atoms with van der Waals surface area (Å²) >= 11 is 0. The van der Waals surface area contributed by atoms with Crippen molar-refractivity contribution < 1.29 is 14.3 Å². The molecule has 1 saturated heterocycles. The van der Waals surface area contributed by atoms with Gasteiger partial charge in [0.2, 0.25) is 0 Å². The van der Waals surface area contributed by atoms with Gasteiger partial charge in [0.1, 0.15) is 11.5 Å². The van der Waals surface area contributed by atoms with Gasteiger partial charge in [-0.05, 0) is 32.9 Å². The highest BCUT2D eigenvalue weighted by Crippen LogP contribution is 2.35. The van der Waals surface area contributed by atoms with Gasteiger partial charge in [0.25, 0.3) is 5.91 Å². The molecule has 0 aliphatic carbocycles. The number of carbonyl (C=O) groups is 2. The second-order valence-electron chi connectivity index (χ2n) is 6.35. The molecule has 1 fully saturated rings. The minimum atomic E-state index is -0.508. The molecule has 0 aromatic carbocycles. The van der Waals surface area contributed by atoms with Crippen LogP contribution in [0.3, 0.4) is 0 Å². The van der Waals surface area contributed by atoms with Crippen molar-refractivity contribution in [3.8, 4) is 0 Å². The summed E-state index contributed by atoms with van der Waals surface area (Å²) < 4.78 is 5.09. The number of nitrogens with zero attached hydrogens (tertiary/aromatic N) is 3. The number of fused-ring (bicyclic) bond motifs is 1. The van der Waals surface area contributed by atoms with Crippen LogP contribution in [-0.2, 0) is 4.74 Å². The van der Waals surface area contributed by atoms with Gasteiger partial charge in [-0.15, -0.1) is 0 Å². The molecule has 128 valence electrons. The Morgan fingerprint density at radius 2 is 2.25 bits per heavy atom. The molecule has 0 bridgehead atoms. The van der Waals surface area contributed by atoms with E-state index in [-0.39, 0.29) is 30.0 Å². The number of amides is 2. The molecule has 2 unspecified atom stereocenters. The summed E-state index contributed by atoms with van der Waals surface area (Å²) in [4.78, 5) is 28.6. The Labute approximate surface area is 140 Å². The van der Waals surface area contributed by atoms with Crippen LogP contribution < -0.4 is 10.6 Å². The Bertz CT molecular complexity index is 674. The van der Waals surface area contributed by atoms with Crippen LogP contribution >= 0.6 is 0 Å². The van der Waals surface area contributed by atoms with E-state index in [9.17, 15) is 9.59 Å². The number of hydrogen-bond donors (Lipinski definition) is 2. The van der Waals surface area contributed by atoms with Crippen molar-refractivity contribution in [2.24, 2.45) is 11.0 Å². The Morgan fingerprint density at radius 1 is 1.46 bits per heavy atom. The fourth-order valence-corrected chi connectivity index (χ4v) is 3.21. The molecular formula is C16H21N5O3. The minimum Gasteiger partial charge on any atom is -0.448 e. The van der Waals surface area contributed by atoms with E-state index in [2.05, 4.69) is 20.7 Å². The molecule has 0 saturated carbocycles. The van der Waals surface area contributed by atoms with Crippen molar-refractivity contribution in [3.05, 3.63) is 30.1 Å². The molecule has 1 aromatic rings. The zero-order chi connectivity index (χ0) is 17.3. The standard InChI is InChI=1S/C16H21N5O3/c1-4-24-15(23)21-12-10(9-18-16(12,2)3)13(20-21)19-14(22)11-7-5-6-8-17-11/h5-8,10,12,18H,4,9H2,1-3H3,(H,19,20,22). The summed E-state index contributed by atoms with van der Waals surface area (Å²) in [6.45, 7) is 6.64. The van der Waals surface area contributed by atoms with Crippen LogP contribution in [-0.4, -0.2) is 52.6 Å². The number of hydrazone groups is 1. The van der Waals surface area contributed by atoms with Crippen LogP contribution in [0.4, 0.5) is 4.79 Å². The second kappa shape index (κ2) is 6.20. The Morgan fingerprint density at radius 3 is 2.92 bits per heavy atom. The third kappa shape index (κ3) is 2.84. The van der Waals surface area contributed by atoms with E-state index in [1.165, 1.54) is 5.01 Å². The molecule has 2 aliphatic heterocycles. The predicted molar refractivity (Wildman–Crippen MR) is 87.4 cm³/mol. The van der Waals surface area contributed by atoms with Gasteiger partial charge in [0.15, 0.2) is 0 Å². The van der Waals surface area contributed by atoms with Gasteiger partial charge in [0.05, 0.1) is 18.6 Å². The monoisotopic (exact) mass is 331 g/mol. The van der Waals surface area contributed by atoms with Crippen molar-refractivity contribution in [1.29, 1.82) is 0 Å². The van der Waals surface area contributed by atoms with E-state index < -0.39 is 6.09 Å². The lowest BCUT2D eigenvalue weighted by molar-refractivity contribution is 0.0818. The van der Waals surface area contributed by atoms with E-state index in [0.29, 0.717) is 18.1 Å². The average molecular weight is 331 g/mol. The predicted octanol–water partition coefficient (Wildman–Crippen LogP) is 0.964. The first kappa shape index (κ1) is 16.4. The molecule has 2 N–H and O–H groups in total. The number of aromatic nitrogens is 1. The molecule has 0 radical (unpaired) electrons. The lowest BCUT2D eigenvalue weighted by Crippen LogP contribution is -2.51. The SMILES string of the molecule is CCOC(=O)N1N=C(NC(=O)c2ccccn2)C2CNC(C)(C)C21. The molecular weight excluding hydrogens is 310 g/mol. The van der Waals surface area contributed by atoms with Gasteiger partial charge in [-0.2, -0.15) is 10.1 Å². The molecule has 24 heavy (non-hydrogen) atoms. The molecule has 2 aliphatic rings. The highest BCUT2D eigenvalue weighted by atomic mass is 16.6. The first-order valence-corrected chi connectivity index (χ1v) is 7.96. The molecule has 0 spiro atoms. The van der Waals surface area contributed by atoms with E-state index in [0.717, 1.165) is 0 Å². The molecule has 3 rings (SSSR count). The van der Waals surface area contributed by atoms with Crippen LogP contribution in [0.2, 0.25) is 0 Å². The number of amidine groups is 1. The van der Waals surface area contributed by atoms with E-state index >= 15 is 0 Å². The lowest BCUT2D eigenvalue weighted by atomic mass is 9.90. The highest BCUT2D eigenvalue weighted by Gasteiger charge is 2.53. The van der Waals surface area contributed by atoms with Crippen molar-refractivity contribution in [2.45, 2.75) is 32.4 Å².